The lowest BCUT2D eigenvalue weighted by Crippen LogP contribution is -2.26. The molecule has 25 heavy (non-hydrogen) atoms. The lowest BCUT2D eigenvalue weighted by Gasteiger charge is -2.17. The van der Waals surface area contributed by atoms with Gasteiger partial charge in [-0.05, 0) is 50.0 Å². The minimum absolute atomic E-state index is 0.196. The Balaban J connectivity index is 1.54. The van der Waals surface area contributed by atoms with Crippen molar-refractivity contribution in [3.8, 4) is 11.3 Å². The Morgan fingerprint density at radius 1 is 1.12 bits per heavy atom. The van der Waals surface area contributed by atoms with Gasteiger partial charge in [-0.25, -0.2) is 9.37 Å². The van der Waals surface area contributed by atoms with Crippen molar-refractivity contribution >= 4 is 5.82 Å². The first kappa shape index (κ1) is 16.4. The molecular formula is C19H24FN5. The molecule has 1 unspecified atom stereocenters. The number of likely N-dealkylation sites (tertiary alicyclic amines) is 1. The van der Waals surface area contributed by atoms with E-state index in [0.717, 1.165) is 50.5 Å². The van der Waals surface area contributed by atoms with Gasteiger partial charge in [-0.15, -0.1) is 0 Å². The minimum Gasteiger partial charge on any atom is -0.354 e. The van der Waals surface area contributed by atoms with Crippen LogP contribution in [0.3, 0.4) is 0 Å². The van der Waals surface area contributed by atoms with E-state index < -0.39 is 0 Å². The number of rotatable bonds is 4. The largest absolute Gasteiger partial charge is 0.354 e. The molecule has 0 amide bonds. The molecule has 2 N–H and O–H groups in total. The van der Waals surface area contributed by atoms with Gasteiger partial charge in [-0.1, -0.05) is 6.07 Å². The van der Waals surface area contributed by atoms with Crippen molar-refractivity contribution in [2.24, 2.45) is 5.73 Å². The normalized spacial score (nSPS) is 21.2. The van der Waals surface area contributed by atoms with Gasteiger partial charge in [-0.3, -0.25) is 9.88 Å². The van der Waals surface area contributed by atoms with Crippen molar-refractivity contribution in [1.29, 1.82) is 0 Å². The van der Waals surface area contributed by atoms with Crippen molar-refractivity contribution in [1.82, 2.24) is 14.9 Å². The van der Waals surface area contributed by atoms with E-state index in [1.165, 1.54) is 18.9 Å². The van der Waals surface area contributed by atoms with Crippen LogP contribution in [0.1, 0.15) is 24.8 Å². The van der Waals surface area contributed by atoms with Crippen LogP contribution in [0.25, 0.3) is 11.3 Å². The lowest BCUT2D eigenvalue weighted by atomic mass is 10.1. The molecule has 2 saturated heterocycles. The van der Waals surface area contributed by atoms with Gasteiger partial charge in [-0.2, -0.15) is 0 Å². The smallest absolute Gasteiger partial charge is 0.147 e. The second kappa shape index (κ2) is 7.06. The first-order valence-corrected chi connectivity index (χ1v) is 9.03. The third kappa shape index (κ3) is 3.65. The molecule has 5 nitrogen and oxygen atoms in total. The van der Waals surface area contributed by atoms with Crippen LogP contribution in [-0.2, 0) is 6.54 Å². The van der Waals surface area contributed by atoms with Crippen molar-refractivity contribution in [2.45, 2.75) is 31.8 Å². The average Bonchev–Trinajstić information content (AvgIpc) is 3.29. The molecule has 0 saturated carbocycles. The van der Waals surface area contributed by atoms with Gasteiger partial charge in [0.25, 0.3) is 0 Å². The van der Waals surface area contributed by atoms with Gasteiger partial charge >= 0.3 is 0 Å². The summed E-state index contributed by atoms with van der Waals surface area (Å²) in [5, 5.41) is 0. The third-order valence-corrected chi connectivity index (χ3v) is 5.10. The third-order valence-electron chi connectivity index (χ3n) is 5.10. The highest BCUT2D eigenvalue weighted by Crippen LogP contribution is 2.25. The number of aromatic nitrogens is 2. The Labute approximate surface area is 147 Å². The summed E-state index contributed by atoms with van der Waals surface area (Å²) < 4.78 is 14.3. The quantitative estimate of drug-likeness (QED) is 0.925. The summed E-state index contributed by atoms with van der Waals surface area (Å²) in [5.41, 5.74) is 8.16. The van der Waals surface area contributed by atoms with Crippen LogP contribution in [0, 0.1) is 5.82 Å². The highest BCUT2D eigenvalue weighted by Gasteiger charge is 2.21. The molecule has 3 heterocycles. The van der Waals surface area contributed by atoms with Crippen LogP contribution in [-0.4, -0.2) is 47.1 Å². The number of benzene rings is 1. The molecule has 1 atom stereocenters. The molecule has 2 aliphatic rings. The molecule has 2 fully saturated rings. The molecule has 0 radical (unpaired) electrons. The Hall–Kier alpha value is -2.05. The van der Waals surface area contributed by atoms with Crippen LogP contribution in [0.2, 0.25) is 0 Å². The fourth-order valence-corrected chi connectivity index (χ4v) is 3.69. The molecular weight excluding hydrogens is 317 g/mol. The van der Waals surface area contributed by atoms with E-state index in [0.29, 0.717) is 11.3 Å². The Morgan fingerprint density at radius 3 is 2.64 bits per heavy atom. The maximum atomic E-state index is 14.3. The molecule has 0 spiro atoms. The molecule has 0 aliphatic carbocycles. The minimum atomic E-state index is -0.254. The summed E-state index contributed by atoms with van der Waals surface area (Å²) in [6.07, 6.45) is 6.86. The van der Waals surface area contributed by atoms with Gasteiger partial charge in [0, 0.05) is 31.2 Å². The number of nitrogens with two attached hydrogens (primary N) is 1. The molecule has 1 aromatic heterocycles. The second-order valence-corrected chi connectivity index (χ2v) is 7.05. The summed E-state index contributed by atoms with van der Waals surface area (Å²) in [6.45, 7) is 4.81. The van der Waals surface area contributed by atoms with Crippen molar-refractivity contribution in [2.75, 3.05) is 31.1 Å². The topological polar surface area (TPSA) is 58.3 Å². The first-order valence-electron chi connectivity index (χ1n) is 9.03. The van der Waals surface area contributed by atoms with Gasteiger partial charge in [0.05, 0.1) is 18.1 Å². The van der Waals surface area contributed by atoms with Crippen molar-refractivity contribution in [3.63, 3.8) is 0 Å². The molecule has 132 valence electrons. The van der Waals surface area contributed by atoms with E-state index in [1.807, 2.05) is 12.1 Å². The van der Waals surface area contributed by atoms with E-state index in [2.05, 4.69) is 19.8 Å². The van der Waals surface area contributed by atoms with Gasteiger partial charge in [0.2, 0.25) is 0 Å². The fourth-order valence-electron chi connectivity index (χ4n) is 3.69. The zero-order chi connectivity index (χ0) is 17.2. The lowest BCUT2D eigenvalue weighted by molar-refractivity contribution is 0.331. The highest BCUT2D eigenvalue weighted by molar-refractivity contribution is 5.61. The summed E-state index contributed by atoms with van der Waals surface area (Å²) in [6, 6.07) is 5.50. The number of anilines is 1. The monoisotopic (exact) mass is 341 g/mol. The number of halogens is 1. The number of hydrogen-bond donors (Lipinski definition) is 1. The Bertz CT molecular complexity index is 727. The molecule has 2 aromatic rings. The summed E-state index contributed by atoms with van der Waals surface area (Å²) >= 11 is 0. The molecule has 0 bridgehead atoms. The molecule has 1 aromatic carbocycles. The van der Waals surface area contributed by atoms with Gasteiger partial charge < -0.3 is 10.6 Å². The van der Waals surface area contributed by atoms with Crippen LogP contribution in [0.15, 0.2) is 30.6 Å². The summed E-state index contributed by atoms with van der Waals surface area (Å²) in [7, 11) is 0. The van der Waals surface area contributed by atoms with Crippen LogP contribution in [0.4, 0.5) is 10.2 Å². The fraction of sp³-hybridized carbons (Fsp3) is 0.474. The van der Waals surface area contributed by atoms with Gasteiger partial charge in [0.1, 0.15) is 11.6 Å². The first-order chi connectivity index (χ1) is 12.2. The average molecular weight is 341 g/mol. The van der Waals surface area contributed by atoms with E-state index in [9.17, 15) is 4.39 Å². The predicted molar refractivity (Wildman–Crippen MR) is 96.7 cm³/mol. The molecule has 2 aliphatic heterocycles. The standard InChI is InChI=1S/C19H24FN5/c20-17-4-3-14(12-24-6-1-2-7-24)9-16(17)18-10-23-19(11-22-18)25-8-5-15(21)13-25/h3-4,9-11,15H,1-2,5-8,12-13,21H2. The predicted octanol–water partition coefficient (Wildman–Crippen LogP) is 2.42. The maximum Gasteiger partial charge on any atom is 0.147 e. The zero-order valence-corrected chi connectivity index (χ0v) is 14.4. The van der Waals surface area contributed by atoms with E-state index in [-0.39, 0.29) is 11.9 Å². The Morgan fingerprint density at radius 2 is 1.96 bits per heavy atom. The summed E-state index contributed by atoms with van der Waals surface area (Å²) in [4.78, 5) is 13.5. The number of nitrogens with zero attached hydrogens (tertiary/aromatic N) is 4. The van der Waals surface area contributed by atoms with Crippen LogP contribution >= 0.6 is 0 Å². The van der Waals surface area contributed by atoms with Crippen LogP contribution < -0.4 is 10.6 Å². The van der Waals surface area contributed by atoms with Gasteiger partial charge in [0.15, 0.2) is 0 Å². The maximum absolute atomic E-state index is 14.3. The summed E-state index contributed by atoms with van der Waals surface area (Å²) in [5.74, 6) is 0.556. The highest BCUT2D eigenvalue weighted by atomic mass is 19.1. The van der Waals surface area contributed by atoms with Crippen LogP contribution in [0.5, 0.6) is 0 Å². The van der Waals surface area contributed by atoms with E-state index in [4.69, 9.17) is 5.73 Å². The SMILES string of the molecule is NC1CCN(c2cnc(-c3cc(CN4CCCC4)ccc3F)cn2)C1. The van der Waals surface area contributed by atoms with Crippen molar-refractivity contribution < 1.29 is 4.39 Å². The number of hydrogen-bond acceptors (Lipinski definition) is 5. The molecule has 6 heteroatoms. The molecule has 4 rings (SSSR count). The zero-order valence-electron chi connectivity index (χ0n) is 14.4. The van der Waals surface area contributed by atoms with E-state index in [1.54, 1.807) is 12.4 Å². The van der Waals surface area contributed by atoms with Crippen molar-refractivity contribution in [3.05, 3.63) is 42.0 Å². The van der Waals surface area contributed by atoms with E-state index >= 15 is 0 Å². The second-order valence-electron chi connectivity index (χ2n) is 7.05. The Kier molecular flexibility index (Phi) is 4.63.